The smallest absolute Gasteiger partial charge is 0.326 e. The number of hydrogen-bond acceptors (Lipinski definition) is 6. The molecule has 9 nitrogen and oxygen atoms in total. The number of amides is 3. The maximum atomic E-state index is 12.6. The minimum Gasteiger partial charge on any atom is -0.480 e. The SMILES string of the molecule is CCC(C)C(NC(=O)C(CS)NC(=O)C(NC(=O)CN)C(C)CC)C(=O)O. The van der Waals surface area contributed by atoms with E-state index in [1.54, 1.807) is 13.8 Å². The molecule has 5 atom stereocenters. The lowest BCUT2D eigenvalue weighted by Crippen LogP contribution is -2.58. The molecule has 156 valence electrons. The van der Waals surface area contributed by atoms with Gasteiger partial charge in [-0.25, -0.2) is 4.79 Å². The number of carbonyl (C=O) groups excluding carboxylic acids is 3. The van der Waals surface area contributed by atoms with Crippen LogP contribution in [0.1, 0.15) is 40.5 Å². The third kappa shape index (κ3) is 8.17. The molecule has 0 radical (unpaired) electrons. The molecule has 5 unspecified atom stereocenters. The van der Waals surface area contributed by atoms with Gasteiger partial charge in [0.05, 0.1) is 6.54 Å². The first kappa shape index (κ1) is 25.2. The Morgan fingerprint density at radius 2 is 1.44 bits per heavy atom. The molecule has 0 aliphatic rings. The van der Waals surface area contributed by atoms with Crippen LogP contribution in [0, 0.1) is 11.8 Å². The van der Waals surface area contributed by atoms with Crippen LogP contribution in [0.3, 0.4) is 0 Å². The highest BCUT2D eigenvalue weighted by molar-refractivity contribution is 7.80. The maximum absolute atomic E-state index is 12.6. The van der Waals surface area contributed by atoms with Gasteiger partial charge in [-0.2, -0.15) is 12.6 Å². The molecule has 0 aromatic heterocycles. The van der Waals surface area contributed by atoms with Gasteiger partial charge in [0.2, 0.25) is 17.7 Å². The van der Waals surface area contributed by atoms with Crippen molar-refractivity contribution in [1.29, 1.82) is 0 Å². The van der Waals surface area contributed by atoms with E-state index in [0.29, 0.717) is 12.8 Å². The van der Waals surface area contributed by atoms with Crippen LogP contribution in [-0.4, -0.2) is 59.2 Å². The minimum atomic E-state index is -1.14. The van der Waals surface area contributed by atoms with E-state index in [1.807, 2.05) is 13.8 Å². The Morgan fingerprint density at radius 3 is 1.85 bits per heavy atom. The van der Waals surface area contributed by atoms with Gasteiger partial charge in [-0.1, -0.05) is 40.5 Å². The lowest BCUT2D eigenvalue weighted by molar-refractivity contribution is -0.143. The lowest BCUT2D eigenvalue weighted by atomic mass is 9.97. The molecule has 0 saturated carbocycles. The predicted molar refractivity (Wildman–Crippen MR) is 105 cm³/mol. The number of aliphatic carboxylic acids is 1. The van der Waals surface area contributed by atoms with Gasteiger partial charge in [0, 0.05) is 5.75 Å². The van der Waals surface area contributed by atoms with Crippen LogP contribution in [0.15, 0.2) is 0 Å². The number of rotatable bonds is 12. The molecule has 0 bridgehead atoms. The zero-order chi connectivity index (χ0) is 21.1. The molecule has 0 fully saturated rings. The van der Waals surface area contributed by atoms with Gasteiger partial charge in [-0.15, -0.1) is 0 Å². The Hall–Kier alpha value is -1.81. The summed E-state index contributed by atoms with van der Waals surface area (Å²) in [4.78, 5) is 48.0. The zero-order valence-electron chi connectivity index (χ0n) is 16.3. The fraction of sp³-hybridized carbons (Fsp3) is 0.765. The predicted octanol–water partition coefficient (Wildman–Crippen LogP) is -0.494. The van der Waals surface area contributed by atoms with Crippen LogP contribution in [0.25, 0.3) is 0 Å². The van der Waals surface area contributed by atoms with Crippen LogP contribution < -0.4 is 21.7 Å². The van der Waals surface area contributed by atoms with E-state index in [2.05, 4.69) is 28.6 Å². The highest BCUT2D eigenvalue weighted by Crippen LogP contribution is 2.10. The number of carboxylic acid groups (broad SMARTS) is 1. The van der Waals surface area contributed by atoms with Crippen molar-refractivity contribution < 1.29 is 24.3 Å². The quantitative estimate of drug-likeness (QED) is 0.242. The molecule has 0 rings (SSSR count). The number of hydrogen-bond donors (Lipinski definition) is 6. The molecule has 0 spiro atoms. The van der Waals surface area contributed by atoms with E-state index in [1.165, 1.54) is 0 Å². The Morgan fingerprint density at radius 1 is 0.926 bits per heavy atom. The summed E-state index contributed by atoms with van der Waals surface area (Å²) in [5.41, 5.74) is 5.29. The van der Waals surface area contributed by atoms with Crippen molar-refractivity contribution in [3.8, 4) is 0 Å². The highest BCUT2D eigenvalue weighted by Gasteiger charge is 2.32. The van der Waals surface area contributed by atoms with Crippen LogP contribution in [0.5, 0.6) is 0 Å². The summed E-state index contributed by atoms with van der Waals surface area (Å²) in [6.07, 6.45) is 1.19. The van der Waals surface area contributed by atoms with E-state index in [4.69, 9.17) is 5.73 Å². The second-order valence-corrected chi connectivity index (χ2v) is 6.95. The van der Waals surface area contributed by atoms with Crippen molar-refractivity contribution >= 4 is 36.3 Å². The summed E-state index contributed by atoms with van der Waals surface area (Å²) in [6, 6.07) is -2.96. The van der Waals surface area contributed by atoms with Gasteiger partial charge in [0.15, 0.2) is 0 Å². The fourth-order valence-electron chi connectivity index (χ4n) is 2.33. The van der Waals surface area contributed by atoms with Crippen LogP contribution in [0.2, 0.25) is 0 Å². The number of nitrogens with two attached hydrogens (primary N) is 1. The van der Waals surface area contributed by atoms with Gasteiger partial charge in [0.1, 0.15) is 18.1 Å². The number of nitrogens with one attached hydrogen (secondary N) is 3. The summed E-state index contributed by atoms with van der Waals surface area (Å²) in [7, 11) is 0. The van der Waals surface area contributed by atoms with Gasteiger partial charge < -0.3 is 26.8 Å². The van der Waals surface area contributed by atoms with Crippen molar-refractivity contribution in [3.63, 3.8) is 0 Å². The first-order valence-electron chi connectivity index (χ1n) is 9.06. The second kappa shape index (κ2) is 12.6. The van der Waals surface area contributed by atoms with Gasteiger partial charge in [0.25, 0.3) is 0 Å². The molecular weight excluding hydrogens is 372 g/mol. The molecule has 0 saturated heterocycles. The second-order valence-electron chi connectivity index (χ2n) is 6.59. The first-order valence-corrected chi connectivity index (χ1v) is 9.69. The van der Waals surface area contributed by atoms with Crippen LogP contribution in [-0.2, 0) is 19.2 Å². The van der Waals surface area contributed by atoms with E-state index >= 15 is 0 Å². The van der Waals surface area contributed by atoms with Crippen molar-refractivity contribution in [2.75, 3.05) is 12.3 Å². The summed E-state index contributed by atoms with van der Waals surface area (Å²) < 4.78 is 0. The summed E-state index contributed by atoms with van der Waals surface area (Å²) in [6.45, 7) is 6.94. The van der Waals surface area contributed by atoms with Crippen molar-refractivity contribution in [2.45, 2.75) is 58.7 Å². The Balaban J connectivity index is 5.19. The van der Waals surface area contributed by atoms with Gasteiger partial charge in [-0.05, 0) is 11.8 Å². The third-order valence-corrected chi connectivity index (χ3v) is 4.95. The average Bonchev–Trinajstić information content (AvgIpc) is 2.65. The molecule has 0 aliphatic heterocycles. The largest absolute Gasteiger partial charge is 0.480 e. The van der Waals surface area contributed by atoms with E-state index < -0.39 is 41.8 Å². The molecule has 0 aromatic rings. The molecule has 0 heterocycles. The summed E-state index contributed by atoms with van der Waals surface area (Å²) >= 11 is 4.08. The zero-order valence-corrected chi connectivity index (χ0v) is 17.2. The van der Waals surface area contributed by atoms with Gasteiger partial charge in [-0.3, -0.25) is 14.4 Å². The number of carbonyl (C=O) groups is 4. The molecule has 27 heavy (non-hydrogen) atoms. The molecular formula is C17H32N4O5S. The standard InChI is InChI=1S/C17H32N4O5S/c1-5-9(3)13(20-12(22)7-18)16(24)19-11(8-27)15(23)21-14(17(25)26)10(4)6-2/h9-11,13-14,27H,5-8,18H2,1-4H3,(H,19,24)(H,20,22)(H,21,23)(H,25,26). The monoisotopic (exact) mass is 404 g/mol. The lowest BCUT2D eigenvalue weighted by Gasteiger charge is -2.27. The summed E-state index contributed by atoms with van der Waals surface area (Å²) in [5.74, 6) is -3.30. The third-order valence-electron chi connectivity index (χ3n) is 4.59. The van der Waals surface area contributed by atoms with Crippen LogP contribution in [0.4, 0.5) is 0 Å². The highest BCUT2D eigenvalue weighted by atomic mass is 32.1. The number of thiol groups is 1. The van der Waals surface area contributed by atoms with E-state index in [-0.39, 0.29) is 24.1 Å². The average molecular weight is 405 g/mol. The Bertz CT molecular complexity index is 531. The van der Waals surface area contributed by atoms with Crippen LogP contribution >= 0.6 is 12.6 Å². The topological polar surface area (TPSA) is 151 Å². The Kier molecular flexibility index (Phi) is 11.7. The van der Waals surface area contributed by atoms with Gasteiger partial charge >= 0.3 is 5.97 Å². The minimum absolute atomic E-state index is 0.0253. The maximum Gasteiger partial charge on any atom is 0.326 e. The fourth-order valence-corrected chi connectivity index (χ4v) is 2.58. The molecule has 0 aromatic carbocycles. The van der Waals surface area contributed by atoms with E-state index in [9.17, 15) is 24.3 Å². The van der Waals surface area contributed by atoms with Crippen molar-refractivity contribution in [1.82, 2.24) is 16.0 Å². The van der Waals surface area contributed by atoms with E-state index in [0.717, 1.165) is 0 Å². The van der Waals surface area contributed by atoms with Crippen molar-refractivity contribution in [3.05, 3.63) is 0 Å². The summed E-state index contributed by atoms with van der Waals surface area (Å²) in [5, 5.41) is 16.8. The molecule has 10 heteroatoms. The Labute approximate surface area is 165 Å². The normalized spacial score (nSPS) is 16.4. The molecule has 0 aliphatic carbocycles. The first-order chi connectivity index (χ1) is 12.6. The number of carboxylic acids is 1. The molecule has 3 amide bonds. The molecule has 6 N–H and O–H groups in total. The van der Waals surface area contributed by atoms with Crippen molar-refractivity contribution in [2.24, 2.45) is 17.6 Å².